The Balaban J connectivity index is 1.79. The van der Waals surface area contributed by atoms with Crippen molar-refractivity contribution in [3.05, 3.63) is 70.8 Å². The highest BCUT2D eigenvalue weighted by molar-refractivity contribution is 5.83. The number of nitrogens with zero attached hydrogens (tertiary/aromatic N) is 2. The number of carbonyl (C=O) groups excluding carboxylic acids is 1. The fourth-order valence-electron chi connectivity index (χ4n) is 2.29. The second kappa shape index (κ2) is 9.51. The highest BCUT2D eigenvalue weighted by atomic mass is 16.2. The third-order valence-corrected chi connectivity index (χ3v) is 3.97. The molecule has 0 bridgehead atoms. The summed E-state index contributed by atoms with van der Waals surface area (Å²) in [6.45, 7) is 8.59. The average molecular weight is 350 g/mol. The first-order valence-corrected chi connectivity index (χ1v) is 8.77. The minimum atomic E-state index is -0.491. The molecule has 0 saturated carbocycles. The molecular weight excluding hydrogens is 324 g/mol. The monoisotopic (exact) mass is 350 g/mol. The summed E-state index contributed by atoms with van der Waals surface area (Å²) in [5.41, 5.74) is 9.14. The quantitative estimate of drug-likeness (QED) is 0.580. The van der Waals surface area contributed by atoms with E-state index in [9.17, 15) is 4.79 Å². The molecule has 0 aliphatic heterocycles. The summed E-state index contributed by atoms with van der Waals surface area (Å²) >= 11 is 0. The van der Waals surface area contributed by atoms with Gasteiger partial charge in [-0.3, -0.25) is 0 Å². The molecule has 0 aromatic heterocycles. The Kier molecular flexibility index (Phi) is 7.09. The molecular formula is C21H26N4O. The van der Waals surface area contributed by atoms with Gasteiger partial charge in [0.05, 0.1) is 12.4 Å². The van der Waals surface area contributed by atoms with E-state index in [0.29, 0.717) is 11.8 Å². The van der Waals surface area contributed by atoms with Gasteiger partial charge in [0, 0.05) is 0 Å². The van der Waals surface area contributed by atoms with Crippen LogP contribution in [0.5, 0.6) is 0 Å². The number of hydrogen-bond acceptors (Lipinski definition) is 3. The molecule has 0 aliphatic carbocycles. The Morgan fingerprint density at radius 2 is 1.08 bits per heavy atom. The van der Waals surface area contributed by atoms with E-state index >= 15 is 0 Å². The highest BCUT2D eigenvalue weighted by Crippen LogP contribution is 2.14. The molecule has 0 atom stereocenters. The molecule has 2 amide bonds. The van der Waals surface area contributed by atoms with E-state index in [1.54, 1.807) is 12.4 Å². The van der Waals surface area contributed by atoms with Crippen LogP contribution in [-0.4, -0.2) is 18.5 Å². The van der Waals surface area contributed by atoms with Gasteiger partial charge >= 0.3 is 6.03 Å². The van der Waals surface area contributed by atoms with Crippen molar-refractivity contribution in [2.45, 2.75) is 39.5 Å². The Morgan fingerprint density at radius 1 is 0.731 bits per heavy atom. The predicted molar refractivity (Wildman–Crippen MR) is 108 cm³/mol. The van der Waals surface area contributed by atoms with Crippen LogP contribution in [-0.2, 0) is 0 Å². The van der Waals surface area contributed by atoms with Crippen LogP contribution in [0.3, 0.4) is 0 Å². The molecule has 5 heteroatoms. The van der Waals surface area contributed by atoms with Crippen LogP contribution in [0.25, 0.3) is 0 Å². The summed E-state index contributed by atoms with van der Waals surface area (Å²) in [4.78, 5) is 11.7. The zero-order valence-electron chi connectivity index (χ0n) is 15.7. The summed E-state index contributed by atoms with van der Waals surface area (Å²) in [6.07, 6.45) is 3.19. The molecule has 2 rings (SSSR count). The first kappa shape index (κ1) is 19.4. The summed E-state index contributed by atoms with van der Waals surface area (Å²) in [5.74, 6) is 0.980. The zero-order chi connectivity index (χ0) is 18.9. The first-order valence-electron chi connectivity index (χ1n) is 8.77. The average Bonchev–Trinajstić information content (AvgIpc) is 2.62. The van der Waals surface area contributed by atoms with Gasteiger partial charge in [-0.1, -0.05) is 76.2 Å². The Morgan fingerprint density at radius 3 is 1.38 bits per heavy atom. The number of amides is 2. The Bertz CT molecular complexity index is 694. The van der Waals surface area contributed by atoms with Crippen molar-refractivity contribution in [2.24, 2.45) is 10.2 Å². The van der Waals surface area contributed by atoms with Gasteiger partial charge in [0.1, 0.15) is 0 Å². The third-order valence-electron chi connectivity index (χ3n) is 3.97. The number of urea groups is 1. The van der Waals surface area contributed by atoms with E-state index in [-0.39, 0.29) is 0 Å². The third kappa shape index (κ3) is 6.16. The number of rotatable bonds is 6. The van der Waals surface area contributed by atoms with Gasteiger partial charge in [0.15, 0.2) is 0 Å². The number of benzene rings is 2. The van der Waals surface area contributed by atoms with Crippen LogP contribution in [0.4, 0.5) is 4.79 Å². The van der Waals surface area contributed by atoms with Gasteiger partial charge in [-0.05, 0) is 34.1 Å². The van der Waals surface area contributed by atoms with Gasteiger partial charge in [0.2, 0.25) is 0 Å². The number of hydrogen-bond donors (Lipinski definition) is 2. The number of carbonyl (C=O) groups is 1. The second-order valence-electron chi connectivity index (χ2n) is 6.71. The van der Waals surface area contributed by atoms with Crippen molar-refractivity contribution < 1.29 is 4.79 Å². The van der Waals surface area contributed by atoms with E-state index in [1.807, 2.05) is 24.3 Å². The smallest absolute Gasteiger partial charge is 0.245 e. The van der Waals surface area contributed by atoms with E-state index in [2.05, 4.69) is 73.0 Å². The molecule has 5 nitrogen and oxygen atoms in total. The Labute approximate surface area is 155 Å². The summed E-state index contributed by atoms with van der Waals surface area (Å²) in [5, 5.41) is 7.82. The van der Waals surface area contributed by atoms with Crippen molar-refractivity contribution in [3.8, 4) is 0 Å². The van der Waals surface area contributed by atoms with Crippen LogP contribution in [0.15, 0.2) is 58.7 Å². The largest absolute Gasteiger partial charge is 0.355 e. The maximum absolute atomic E-state index is 11.7. The predicted octanol–water partition coefficient (Wildman–Crippen LogP) is 4.60. The van der Waals surface area contributed by atoms with Gasteiger partial charge in [-0.25, -0.2) is 15.6 Å². The summed E-state index contributed by atoms with van der Waals surface area (Å²) in [6, 6.07) is 15.6. The maximum Gasteiger partial charge on any atom is 0.355 e. The van der Waals surface area contributed by atoms with Gasteiger partial charge in [-0.2, -0.15) is 10.2 Å². The molecule has 0 radical (unpaired) electrons. The normalized spacial score (nSPS) is 11.6. The lowest BCUT2D eigenvalue weighted by Gasteiger charge is -2.04. The lowest BCUT2D eigenvalue weighted by Crippen LogP contribution is -2.28. The second-order valence-corrected chi connectivity index (χ2v) is 6.71. The SMILES string of the molecule is CC(C)c1ccc(C=NNC(=O)N/N=C\c2ccc(C(C)C)cc2)cc1. The van der Waals surface area contributed by atoms with E-state index in [1.165, 1.54) is 11.1 Å². The van der Waals surface area contributed by atoms with Crippen LogP contribution in [0, 0.1) is 0 Å². The molecule has 0 unspecified atom stereocenters. The van der Waals surface area contributed by atoms with Gasteiger partial charge < -0.3 is 0 Å². The van der Waals surface area contributed by atoms with Gasteiger partial charge in [0.25, 0.3) is 0 Å². The molecule has 0 fully saturated rings. The van der Waals surface area contributed by atoms with Crippen molar-refractivity contribution in [2.75, 3.05) is 0 Å². The van der Waals surface area contributed by atoms with Crippen molar-refractivity contribution in [1.82, 2.24) is 10.9 Å². The topological polar surface area (TPSA) is 65.8 Å². The van der Waals surface area contributed by atoms with Crippen LogP contribution in [0.2, 0.25) is 0 Å². The highest BCUT2D eigenvalue weighted by Gasteiger charge is 1.99. The minimum absolute atomic E-state index is 0.490. The molecule has 26 heavy (non-hydrogen) atoms. The maximum atomic E-state index is 11.7. The lowest BCUT2D eigenvalue weighted by atomic mass is 10.0. The van der Waals surface area contributed by atoms with Gasteiger partial charge in [-0.15, -0.1) is 0 Å². The molecule has 2 aromatic rings. The molecule has 136 valence electrons. The standard InChI is InChI=1S/C21H26N4O/c1-15(2)19-9-5-17(6-10-19)13-22-24-21(26)25-23-14-18-7-11-20(12-8-18)16(3)4/h5-16H,1-4H3,(H2,24,25,26)/b22-13-,23-14?. The van der Waals surface area contributed by atoms with Crippen LogP contribution < -0.4 is 10.9 Å². The molecule has 0 spiro atoms. The first-order chi connectivity index (χ1) is 12.5. The van der Waals surface area contributed by atoms with Crippen LogP contribution >= 0.6 is 0 Å². The number of hydrazone groups is 2. The summed E-state index contributed by atoms with van der Waals surface area (Å²) < 4.78 is 0. The number of nitrogens with one attached hydrogen (secondary N) is 2. The molecule has 2 aromatic carbocycles. The van der Waals surface area contributed by atoms with E-state index < -0.39 is 6.03 Å². The minimum Gasteiger partial charge on any atom is -0.245 e. The zero-order valence-corrected chi connectivity index (χ0v) is 15.7. The van der Waals surface area contributed by atoms with E-state index in [0.717, 1.165) is 11.1 Å². The lowest BCUT2D eigenvalue weighted by molar-refractivity contribution is 0.242. The van der Waals surface area contributed by atoms with Crippen molar-refractivity contribution >= 4 is 18.5 Å². The fraction of sp³-hybridized carbons (Fsp3) is 0.286. The Hall–Kier alpha value is -2.95. The molecule has 0 aliphatic rings. The fourth-order valence-corrected chi connectivity index (χ4v) is 2.29. The molecule has 2 N–H and O–H groups in total. The molecule has 0 heterocycles. The molecule has 0 saturated heterocycles. The van der Waals surface area contributed by atoms with Crippen molar-refractivity contribution in [3.63, 3.8) is 0 Å². The van der Waals surface area contributed by atoms with Crippen LogP contribution in [0.1, 0.15) is 61.8 Å². The van der Waals surface area contributed by atoms with E-state index in [4.69, 9.17) is 0 Å². The van der Waals surface area contributed by atoms with Crippen molar-refractivity contribution in [1.29, 1.82) is 0 Å². The summed E-state index contributed by atoms with van der Waals surface area (Å²) in [7, 11) is 0.